The van der Waals surface area contributed by atoms with Crippen molar-refractivity contribution < 1.29 is 13.0 Å². The Kier molecular flexibility index (Phi) is 3.86. The number of aromatic nitrogens is 2. The lowest BCUT2D eigenvalue weighted by molar-refractivity contribution is 0.464. The molecule has 4 rings (SSSR count). The summed E-state index contributed by atoms with van der Waals surface area (Å²) in [6, 6.07) is 23.2. The third kappa shape index (κ3) is 2.79. The maximum absolute atomic E-state index is 11.8. The molecule has 0 spiro atoms. The van der Waals surface area contributed by atoms with Crippen LogP contribution in [-0.2, 0) is 10.3 Å². The molecule has 0 amide bonds. The van der Waals surface area contributed by atoms with E-state index in [1.54, 1.807) is 6.92 Å². The largest absolute Gasteiger partial charge is 0.379 e. The quantitative estimate of drug-likeness (QED) is 0.549. The van der Waals surface area contributed by atoms with Crippen LogP contribution in [0, 0.1) is 6.92 Å². The van der Waals surface area contributed by atoms with Crippen molar-refractivity contribution in [2.24, 2.45) is 0 Å². The molecule has 4 aromatic rings. The van der Waals surface area contributed by atoms with Gasteiger partial charge in [0.2, 0.25) is 0 Å². The molecule has 1 aromatic heterocycles. The highest BCUT2D eigenvalue weighted by Crippen LogP contribution is 2.35. The molecular weight excluding hydrogens is 348 g/mol. The lowest BCUT2D eigenvalue weighted by Crippen LogP contribution is -2.14. The van der Waals surface area contributed by atoms with Gasteiger partial charge in [-0.05, 0) is 29.3 Å². The van der Waals surface area contributed by atoms with Crippen LogP contribution in [0.5, 0.6) is 0 Å². The number of rotatable bonds is 3. The van der Waals surface area contributed by atoms with Gasteiger partial charge in [-0.25, -0.2) is 0 Å². The fraction of sp³-hybridized carbons (Fsp3) is 0.0500. The number of hydrogen-bond donors (Lipinski definition) is 1. The molecule has 0 saturated heterocycles. The van der Waals surface area contributed by atoms with Gasteiger partial charge < -0.3 is 0 Å². The van der Waals surface area contributed by atoms with E-state index in [1.807, 2.05) is 72.8 Å². The van der Waals surface area contributed by atoms with E-state index >= 15 is 0 Å². The van der Waals surface area contributed by atoms with E-state index in [1.165, 1.54) is 0 Å². The average Bonchev–Trinajstić information content (AvgIpc) is 2.99. The molecule has 1 heterocycles. The van der Waals surface area contributed by atoms with Gasteiger partial charge in [0.1, 0.15) is 5.69 Å². The Labute approximate surface area is 151 Å². The molecule has 0 aliphatic rings. The maximum Gasteiger partial charge on any atom is 0.379 e. The van der Waals surface area contributed by atoms with Gasteiger partial charge >= 0.3 is 10.3 Å². The summed E-state index contributed by atoms with van der Waals surface area (Å²) in [5.74, 6) is 0. The highest BCUT2D eigenvalue weighted by molar-refractivity contribution is 7.84. The SMILES string of the molecule is Cc1c(-c2ccccc2)c(-c2ccc3ccccc3c2)nn1S(=O)(=O)O. The summed E-state index contributed by atoms with van der Waals surface area (Å²) in [7, 11) is -4.49. The van der Waals surface area contributed by atoms with Crippen molar-refractivity contribution in [2.75, 3.05) is 0 Å². The molecule has 1 N–H and O–H groups in total. The summed E-state index contributed by atoms with van der Waals surface area (Å²) in [4.78, 5) is 0. The first-order valence-electron chi connectivity index (χ1n) is 8.07. The Morgan fingerprint density at radius 3 is 2.19 bits per heavy atom. The molecule has 0 unspecified atom stereocenters. The molecule has 0 aliphatic carbocycles. The summed E-state index contributed by atoms with van der Waals surface area (Å²) in [5.41, 5.74) is 3.17. The third-order valence-electron chi connectivity index (χ3n) is 4.38. The van der Waals surface area contributed by atoms with Gasteiger partial charge in [0, 0.05) is 11.1 Å². The fourth-order valence-electron chi connectivity index (χ4n) is 3.20. The first-order valence-corrected chi connectivity index (χ1v) is 9.47. The zero-order chi connectivity index (χ0) is 18.3. The van der Waals surface area contributed by atoms with Gasteiger partial charge in [0.25, 0.3) is 0 Å². The summed E-state index contributed by atoms with van der Waals surface area (Å²) in [6.45, 7) is 1.63. The smallest absolute Gasteiger partial charge is 0.268 e. The van der Waals surface area contributed by atoms with Crippen LogP contribution in [0.4, 0.5) is 0 Å². The molecule has 0 atom stereocenters. The standard InChI is InChI=1S/C20H16N2O3S/c1-14-19(16-8-3-2-4-9-16)20(21-22(14)26(23,24)25)18-12-11-15-7-5-6-10-17(15)13-18/h2-13H,1H3,(H,23,24,25). The zero-order valence-electron chi connectivity index (χ0n) is 14.0. The molecule has 0 saturated carbocycles. The van der Waals surface area contributed by atoms with Gasteiger partial charge in [-0.15, -0.1) is 4.09 Å². The van der Waals surface area contributed by atoms with E-state index in [2.05, 4.69) is 5.10 Å². The van der Waals surface area contributed by atoms with Crippen LogP contribution in [0.2, 0.25) is 0 Å². The number of hydrogen-bond acceptors (Lipinski definition) is 3. The van der Waals surface area contributed by atoms with E-state index in [0.717, 1.165) is 21.9 Å². The van der Waals surface area contributed by atoms with Gasteiger partial charge in [-0.2, -0.15) is 13.5 Å². The number of benzene rings is 3. The van der Waals surface area contributed by atoms with Crippen molar-refractivity contribution in [3.63, 3.8) is 0 Å². The van der Waals surface area contributed by atoms with Crippen LogP contribution in [0.3, 0.4) is 0 Å². The molecular formula is C20H16N2O3S. The molecule has 26 heavy (non-hydrogen) atoms. The molecule has 0 fully saturated rings. The second-order valence-corrected chi connectivity index (χ2v) is 7.30. The van der Waals surface area contributed by atoms with Gasteiger partial charge in [0.15, 0.2) is 0 Å². The van der Waals surface area contributed by atoms with Crippen molar-refractivity contribution in [3.8, 4) is 22.4 Å². The molecule has 5 nitrogen and oxygen atoms in total. The maximum atomic E-state index is 11.8. The second-order valence-electron chi connectivity index (χ2n) is 6.06. The topological polar surface area (TPSA) is 72.2 Å². The summed E-state index contributed by atoms with van der Waals surface area (Å²) in [5, 5.41) is 6.33. The Morgan fingerprint density at radius 2 is 1.50 bits per heavy atom. The Morgan fingerprint density at radius 1 is 0.846 bits per heavy atom. The fourth-order valence-corrected chi connectivity index (χ4v) is 3.82. The van der Waals surface area contributed by atoms with E-state index in [-0.39, 0.29) is 0 Å². The van der Waals surface area contributed by atoms with E-state index in [9.17, 15) is 13.0 Å². The third-order valence-corrected chi connectivity index (χ3v) is 5.17. The normalized spacial score (nSPS) is 11.8. The van der Waals surface area contributed by atoms with Crippen LogP contribution >= 0.6 is 0 Å². The minimum Gasteiger partial charge on any atom is -0.268 e. The molecule has 6 heteroatoms. The molecule has 0 bridgehead atoms. The van der Waals surface area contributed by atoms with Crippen LogP contribution < -0.4 is 0 Å². The second kappa shape index (κ2) is 6.09. The first-order chi connectivity index (χ1) is 12.4. The Balaban J connectivity index is 2.03. The van der Waals surface area contributed by atoms with Crippen LogP contribution in [-0.4, -0.2) is 22.2 Å². The highest BCUT2D eigenvalue weighted by atomic mass is 32.2. The van der Waals surface area contributed by atoms with Crippen molar-refractivity contribution in [3.05, 3.63) is 78.5 Å². The minimum atomic E-state index is -4.49. The highest BCUT2D eigenvalue weighted by Gasteiger charge is 2.23. The number of nitrogens with zero attached hydrogens (tertiary/aromatic N) is 2. The van der Waals surface area contributed by atoms with Crippen LogP contribution in [0.15, 0.2) is 72.8 Å². The summed E-state index contributed by atoms with van der Waals surface area (Å²) < 4.78 is 33.7. The molecule has 130 valence electrons. The van der Waals surface area contributed by atoms with Gasteiger partial charge in [-0.3, -0.25) is 4.55 Å². The monoisotopic (exact) mass is 364 g/mol. The molecule has 0 radical (unpaired) electrons. The predicted octanol–water partition coefficient (Wildman–Crippen LogP) is 4.33. The minimum absolute atomic E-state index is 0.363. The zero-order valence-corrected chi connectivity index (χ0v) is 14.8. The first kappa shape index (κ1) is 16.5. The van der Waals surface area contributed by atoms with Gasteiger partial charge in [-0.1, -0.05) is 66.7 Å². The van der Waals surface area contributed by atoms with Crippen molar-refractivity contribution in [2.45, 2.75) is 6.92 Å². The van der Waals surface area contributed by atoms with Crippen molar-refractivity contribution in [1.82, 2.24) is 9.19 Å². The van der Waals surface area contributed by atoms with Crippen LogP contribution in [0.1, 0.15) is 5.69 Å². The molecule has 3 aromatic carbocycles. The van der Waals surface area contributed by atoms with Gasteiger partial charge in [0.05, 0.1) is 5.69 Å². The Hall–Kier alpha value is -2.96. The van der Waals surface area contributed by atoms with E-state index in [4.69, 9.17) is 0 Å². The molecule has 0 aliphatic heterocycles. The van der Waals surface area contributed by atoms with Crippen molar-refractivity contribution >= 4 is 21.1 Å². The lowest BCUT2D eigenvalue weighted by atomic mass is 9.97. The van der Waals surface area contributed by atoms with Crippen molar-refractivity contribution in [1.29, 1.82) is 0 Å². The lowest BCUT2D eigenvalue weighted by Gasteiger charge is -2.06. The van der Waals surface area contributed by atoms with Crippen LogP contribution in [0.25, 0.3) is 33.2 Å². The Bertz CT molecular complexity index is 1210. The summed E-state index contributed by atoms with van der Waals surface area (Å²) in [6.07, 6.45) is 0. The number of fused-ring (bicyclic) bond motifs is 1. The average molecular weight is 364 g/mol. The summed E-state index contributed by atoms with van der Waals surface area (Å²) >= 11 is 0. The van der Waals surface area contributed by atoms with E-state index < -0.39 is 10.3 Å². The van der Waals surface area contributed by atoms with E-state index in [0.29, 0.717) is 21.0 Å². The predicted molar refractivity (Wildman–Crippen MR) is 102 cm³/mol.